The lowest BCUT2D eigenvalue weighted by Gasteiger charge is -2.21. The minimum Gasteiger partial charge on any atom is -0.423 e. The maximum absolute atomic E-state index is 12.5. The fraction of sp³-hybridized carbons (Fsp3) is 0.444. The van der Waals surface area contributed by atoms with E-state index in [1.54, 1.807) is 0 Å². The Morgan fingerprint density at radius 2 is 1.79 bits per heavy atom. The van der Waals surface area contributed by atoms with Crippen molar-refractivity contribution < 1.29 is 9.53 Å². The van der Waals surface area contributed by atoms with Crippen molar-refractivity contribution in [2.24, 2.45) is 11.8 Å². The SMILES string of the molecule is CCCC1CC=C(c2ccc(C(=O)Oc3ccc(CC(C)CC)cc3)cc2)CC1. The number of allylic oxidation sites excluding steroid dienone is 2. The second-order valence-corrected chi connectivity index (χ2v) is 8.49. The van der Waals surface area contributed by atoms with Crippen molar-refractivity contribution in [3.63, 3.8) is 0 Å². The number of hydrogen-bond acceptors (Lipinski definition) is 2. The fourth-order valence-corrected chi connectivity index (χ4v) is 4.05. The summed E-state index contributed by atoms with van der Waals surface area (Å²) in [5, 5.41) is 0. The van der Waals surface area contributed by atoms with Gasteiger partial charge in [-0.1, -0.05) is 70.4 Å². The van der Waals surface area contributed by atoms with Crippen LogP contribution in [0.5, 0.6) is 5.75 Å². The van der Waals surface area contributed by atoms with Gasteiger partial charge in [-0.15, -0.1) is 0 Å². The zero-order valence-corrected chi connectivity index (χ0v) is 18.1. The summed E-state index contributed by atoms with van der Waals surface area (Å²) >= 11 is 0. The van der Waals surface area contributed by atoms with Crippen LogP contribution in [0.2, 0.25) is 0 Å². The molecule has 154 valence electrons. The topological polar surface area (TPSA) is 26.3 Å². The van der Waals surface area contributed by atoms with Gasteiger partial charge in [-0.3, -0.25) is 0 Å². The summed E-state index contributed by atoms with van der Waals surface area (Å²) in [7, 11) is 0. The number of ether oxygens (including phenoxy) is 1. The van der Waals surface area contributed by atoms with Crippen molar-refractivity contribution in [3.05, 3.63) is 71.3 Å². The average Bonchev–Trinajstić information content (AvgIpc) is 2.76. The number of benzene rings is 2. The van der Waals surface area contributed by atoms with Crippen LogP contribution in [-0.2, 0) is 6.42 Å². The van der Waals surface area contributed by atoms with Gasteiger partial charge in [0.05, 0.1) is 5.56 Å². The molecule has 0 radical (unpaired) electrons. The van der Waals surface area contributed by atoms with Crippen LogP contribution in [0.4, 0.5) is 0 Å². The number of esters is 1. The van der Waals surface area contributed by atoms with E-state index in [1.165, 1.54) is 48.8 Å². The molecule has 0 saturated heterocycles. The molecule has 2 heteroatoms. The normalized spacial score (nSPS) is 17.5. The van der Waals surface area contributed by atoms with Crippen molar-refractivity contribution in [2.45, 2.75) is 65.7 Å². The fourth-order valence-electron chi connectivity index (χ4n) is 4.05. The smallest absolute Gasteiger partial charge is 0.343 e. The number of rotatable bonds is 8. The third kappa shape index (κ3) is 6.06. The van der Waals surface area contributed by atoms with E-state index in [0.717, 1.165) is 18.8 Å². The van der Waals surface area contributed by atoms with Gasteiger partial charge >= 0.3 is 5.97 Å². The predicted octanol–water partition coefficient (Wildman–Crippen LogP) is 7.48. The van der Waals surface area contributed by atoms with Crippen molar-refractivity contribution >= 4 is 11.5 Å². The molecule has 0 aromatic heterocycles. The first-order chi connectivity index (χ1) is 14.1. The third-order valence-corrected chi connectivity index (χ3v) is 6.12. The van der Waals surface area contributed by atoms with Gasteiger partial charge < -0.3 is 4.74 Å². The molecule has 0 bridgehead atoms. The van der Waals surface area contributed by atoms with Crippen LogP contribution in [0.25, 0.3) is 5.57 Å². The Kier molecular flexibility index (Phi) is 7.69. The van der Waals surface area contributed by atoms with Crippen LogP contribution in [-0.4, -0.2) is 5.97 Å². The molecule has 0 fully saturated rings. The van der Waals surface area contributed by atoms with Crippen molar-refractivity contribution in [1.29, 1.82) is 0 Å². The van der Waals surface area contributed by atoms with Crippen LogP contribution in [0.15, 0.2) is 54.6 Å². The highest BCUT2D eigenvalue weighted by atomic mass is 16.5. The first kappa shape index (κ1) is 21.4. The Hall–Kier alpha value is -2.35. The first-order valence-electron chi connectivity index (χ1n) is 11.2. The van der Waals surface area contributed by atoms with Gasteiger partial charge in [0.25, 0.3) is 0 Å². The standard InChI is InChI=1S/C27H34O2/c1-4-6-21-7-11-23(12-8-21)24-13-15-25(16-14-24)27(28)29-26-17-9-22(10-18-26)19-20(3)5-2/h9-11,13-18,20-21H,4-8,12,19H2,1-3H3. The Morgan fingerprint density at radius 3 is 2.38 bits per heavy atom. The summed E-state index contributed by atoms with van der Waals surface area (Å²) in [5.41, 5.74) is 4.52. The van der Waals surface area contributed by atoms with Gasteiger partial charge in [0.1, 0.15) is 5.75 Å². The molecule has 0 aliphatic heterocycles. The second-order valence-electron chi connectivity index (χ2n) is 8.49. The van der Waals surface area contributed by atoms with Gasteiger partial charge in [0, 0.05) is 0 Å². The summed E-state index contributed by atoms with van der Waals surface area (Å²) in [4.78, 5) is 12.5. The highest BCUT2D eigenvalue weighted by Crippen LogP contribution is 2.32. The minimum atomic E-state index is -0.299. The summed E-state index contributed by atoms with van der Waals surface area (Å²) in [5.74, 6) is 1.81. The van der Waals surface area contributed by atoms with Gasteiger partial charge in [-0.25, -0.2) is 4.79 Å². The second kappa shape index (κ2) is 10.4. The maximum Gasteiger partial charge on any atom is 0.343 e. The first-order valence-corrected chi connectivity index (χ1v) is 11.2. The highest BCUT2D eigenvalue weighted by molar-refractivity contribution is 5.91. The molecule has 0 heterocycles. The van der Waals surface area contributed by atoms with E-state index in [2.05, 4.69) is 51.1 Å². The van der Waals surface area contributed by atoms with E-state index in [9.17, 15) is 4.79 Å². The summed E-state index contributed by atoms with van der Waals surface area (Å²) < 4.78 is 5.56. The molecule has 2 aromatic rings. The lowest BCUT2D eigenvalue weighted by molar-refractivity contribution is 0.0734. The highest BCUT2D eigenvalue weighted by Gasteiger charge is 2.15. The Balaban J connectivity index is 1.58. The number of carbonyl (C=O) groups excluding carboxylic acids is 1. The van der Waals surface area contributed by atoms with E-state index < -0.39 is 0 Å². The van der Waals surface area contributed by atoms with Crippen LogP contribution in [0.3, 0.4) is 0 Å². The molecular formula is C27H34O2. The number of hydrogen-bond donors (Lipinski definition) is 0. The molecular weight excluding hydrogens is 356 g/mol. The summed E-state index contributed by atoms with van der Waals surface area (Å²) in [6.07, 6.45) is 10.8. The minimum absolute atomic E-state index is 0.299. The number of carbonyl (C=O) groups is 1. The van der Waals surface area contributed by atoms with Gasteiger partial charge in [0.2, 0.25) is 0 Å². The van der Waals surface area contributed by atoms with Gasteiger partial charge in [0.15, 0.2) is 0 Å². The Labute approximate surface area is 176 Å². The quantitative estimate of drug-likeness (QED) is 0.345. The summed E-state index contributed by atoms with van der Waals surface area (Å²) in [6.45, 7) is 6.73. The van der Waals surface area contributed by atoms with Crippen LogP contribution < -0.4 is 4.74 Å². The molecule has 29 heavy (non-hydrogen) atoms. The molecule has 1 aliphatic rings. The van der Waals surface area contributed by atoms with Crippen molar-refractivity contribution in [2.75, 3.05) is 0 Å². The molecule has 3 rings (SSSR count). The molecule has 0 amide bonds. The zero-order valence-electron chi connectivity index (χ0n) is 18.1. The van der Waals surface area contributed by atoms with Crippen LogP contribution in [0, 0.1) is 11.8 Å². The van der Waals surface area contributed by atoms with Gasteiger partial charge in [-0.05, 0) is 78.5 Å². The van der Waals surface area contributed by atoms with Gasteiger partial charge in [-0.2, -0.15) is 0 Å². The van der Waals surface area contributed by atoms with E-state index in [0.29, 0.717) is 17.2 Å². The van der Waals surface area contributed by atoms with E-state index in [4.69, 9.17) is 4.74 Å². The molecule has 0 spiro atoms. The van der Waals surface area contributed by atoms with Crippen molar-refractivity contribution in [3.8, 4) is 5.75 Å². The predicted molar refractivity (Wildman–Crippen MR) is 121 cm³/mol. The lowest BCUT2D eigenvalue weighted by atomic mass is 9.84. The molecule has 2 unspecified atom stereocenters. The molecule has 2 nitrogen and oxygen atoms in total. The van der Waals surface area contributed by atoms with Crippen LogP contribution in [0.1, 0.15) is 80.8 Å². The molecule has 0 N–H and O–H groups in total. The average molecular weight is 391 g/mol. The summed E-state index contributed by atoms with van der Waals surface area (Å²) in [6, 6.07) is 15.8. The third-order valence-electron chi connectivity index (χ3n) is 6.12. The molecule has 1 aliphatic carbocycles. The monoisotopic (exact) mass is 390 g/mol. The van der Waals surface area contributed by atoms with E-state index in [1.807, 2.05) is 24.3 Å². The zero-order chi connectivity index (χ0) is 20.6. The maximum atomic E-state index is 12.5. The molecule has 2 aromatic carbocycles. The van der Waals surface area contributed by atoms with E-state index >= 15 is 0 Å². The van der Waals surface area contributed by atoms with Crippen molar-refractivity contribution in [1.82, 2.24) is 0 Å². The van der Waals surface area contributed by atoms with Crippen LogP contribution >= 0.6 is 0 Å². The molecule has 0 saturated carbocycles. The van der Waals surface area contributed by atoms with E-state index in [-0.39, 0.29) is 5.97 Å². The Bertz CT molecular complexity index is 815. The largest absolute Gasteiger partial charge is 0.423 e. The Morgan fingerprint density at radius 1 is 1.07 bits per heavy atom. The molecule has 2 atom stereocenters. The lowest BCUT2D eigenvalue weighted by Crippen LogP contribution is -2.09.